The Kier molecular flexibility index (Phi) is 4.76. The van der Waals surface area contributed by atoms with Crippen LogP contribution in [-0.2, 0) is 4.79 Å². The number of amides is 1. The fourth-order valence-corrected chi connectivity index (χ4v) is 2.34. The molecule has 1 amide bonds. The zero-order valence-electron chi connectivity index (χ0n) is 11.3. The number of carbonyl (C=O) groups excluding carboxylic acids is 1. The monoisotopic (exact) mass is 263 g/mol. The van der Waals surface area contributed by atoms with Crippen LogP contribution in [0.4, 0.5) is 5.69 Å². The van der Waals surface area contributed by atoms with Crippen LogP contribution in [0.1, 0.15) is 12.8 Å². The standard InChI is InChI=1S/C14H21N3O2/c1-19-13-6-2-5-12(8-13)16-14(18)10-17-7-3-4-11(15)9-17/h2,5-6,8,11H,3-4,7,9-10,15H2,1H3,(H,16,18). The predicted octanol–water partition coefficient (Wildman–Crippen LogP) is 1.06. The highest BCUT2D eigenvalue weighted by Crippen LogP contribution is 2.16. The second kappa shape index (κ2) is 6.54. The largest absolute Gasteiger partial charge is 0.497 e. The molecule has 1 aromatic rings. The van der Waals surface area contributed by atoms with Gasteiger partial charge in [0.1, 0.15) is 5.75 Å². The summed E-state index contributed by atoms with van der Waals surface area (Å²) in [6.07, 6.45) is 2.11. The van der Waals surface area contributed by atoms with Crippen LogP contribution in [-0.4, -0.2) is 43.6 Å². The molecule has 1 saturated heterocycles. The molecule has 1 unspecified atom stereocenters. The minimum Gasteiger partial charge on any atom is -0.497 e. The Morgan fingerprint density at radius 1 is 1.58 bits per heavy atom. The van der Waals surface area contributed by atoms with E-state index >= 15 is 0 Å². The second-order valence-electron chi connectivity index (χ2n) is 4.92. The summed E-state index contributed by atoms with van der Waals surface area (Å²) in [4.78, 5) is 14.1. The Labute approximate surface area is 113 Å². The van der Waals surface area contributed by atoms with E-state index in [1.807, 2.05) is 18.2 Å². The maximum atomic E-state index is 12.0. The minimum absolute atomic E-state index is 0.0117. The summed E-state index contributed by atoms with van der Waals surface area (Å²) in [6.45, 7) is 2.13. The Morgan fingerprint density at radius 3 is 3.16 bits per heavy atom. The third-order valence-electron chi connectivity index (χ3n) is 3.26. The lowest BCUT2D eigenvalue weighted by Crippen LogP contribution is -2.45. The smallest absolute Gasteiger partial charge is 0.238 e. The average molecular weight is 263 g/mol. The van der Waals surface area contributed by atoms with E-state index in [-0.39, 0.29) is 11.9 Å². The molecule has 0 spiro atoms. The van der Waals surface area contributed by atoms with Gasteiger partial charge in [-0.2, -0.15) is 0 Å². The van der Waals surface area contributed by atoms with E-state index in [0.717, 1.165) is 37.4 Å². The van der Waals surface area contributed by atoms with E-state index in [1.54, 1.807) is 13.2 Å². The molecule has 0 aromatic heterocycles. The van der Waals surface area contributed by atoms with Crippen molar-refractivity contribution in [3.05, 3.63) is 24.3 Å². The number of benzene rings is 1. The number of likely N-dealkylation sites (tertiary alicyclic amines) is 1. The molecule has 1 aliphatic rings. The lowest BCUT2D eigenvalue weighted by atomic mass is 10.1. The molecule has 104 valence electrons. The molecule has 5 heteroatoms. The van der Waals surface area contributed by atoms with Gasteiger partial charge in [0, 0.05) is 24.3 Å². The first-order valence-corrected chi connectivity index (χ1v) is 6.59. The van der Waals surface area contributed by atoms with E-state index in [2.05, 4.69) is 10.2 Å². The number of hydrogen-bond donors (Lipinski definition) is 2. The number of nitrogens with two attached hydrogens (primary N) is 1. The number of rotatable bonds is 4. The predicted molar refractivity (Wildman–Crippen MR) is 75.3 cm³/mol. The molecule has 1 aromatic carbocycles. The molecule has 0 bridgehead atoms. The molecule has 3 N–H and O–H groups in total. The van der Waals surface area contributed by atoms with E-state index in [1.165, 1.54) is 0 Å². The molecular formula is C14H21N3O2. The summed E-state index contributed by atoms with van der Waals surface area (Å²) in [5.41, 5.74) is 6.66. The van der Waals surface area contributed by atoms with Crippen LogP contribution in [0.3, 0.4) is 0 Å². The Hall–Kier alpha value is -1.59. The molecule has 0 aliphatic carbocycles. The summed E-state index contributed by atoms with van der Waals surface area (Å²) in [5.74, 6) is 0.722. The molecular weight excluding hydrogens is 242 g/mol. The van der Waals surface area contributed by atoms with Gasteiger partial charge in [-0.1, -0.05) is 6.07 Å². The second-order valence-corrected chi connectivity index (χ2v) is 4.92. The van der Waals surface area contributed by atoms with Crippen molar-refractivity contribution in [1.82, 2.24) is 4.90 Å². The summed E-state index contributed by atoms with van der Waals surface area (Å²) >= 11 is 0. The van der Waals surface area contributed by atoms with Gasteiger partial charge in [0.25, 0.3) is 0 Å². The van der Waals surface area contributed by atoms with E-state index in [0.29, 0.717) is 6.54 Å². The summed E-state index contributed by atoms with van der Waals surface area (Å²) in [6, 6.07) is 7.55. The fraction of sp³-hybridized carbons (Fsp3) is 0.500. The van der Waals surface area contributed by atoms with Gasteiger partial charge < -0.3 is 15.8 Å². The van der Waals surface area contributed by atoms with Crippen LogP contribution >= 0.6 is 0 Å². The van der Waals surface area contributed by atoms with Crippen molar-refractivity contribution < 1.29 is 9.53 Å². The quantitative estimate of drug-likeness (QED) is 0.852. The lowest BCUT2D eigenvalue weighted by Gasteiger charge is -2.29. The molecule has 0 radical (unpaired) electrons. The first-order valence-electron chi connectivity index (χ1n) is 6.59. The Bertz CT molecular complexity index is 436. The van der Waals surface area contributed by atoms with Crippen molar-refractivity contribution in [2.45, 2.75) is 18.9 Å². The highest BCUT2D eigenvalue weighted by Gasteiger charge is 2.18. The molecule has 5 nitrogen and oxygen atoms in total. The van der Waals surface area contributed by atoms with Crippen LogP contribution in [0.15, 0.2) is 24.3 Å². The first kappa shape index (κ1) is 13.8. The topological polar surface area (TPSA) is 67.6 Å². The van der Waals surface area contributed by atoms with Crippen LogP contribution in [0.2, 0.25) is 0 Å². The zero-order valence-corrected chi connectivity index (χ0v) is 11.3. The number of ether oxygens (including phenoxy) is 1. The van der Waals surface area contributed by atoms with Crippen molar-refractivity contribution in [3.63, 3.8) is 0 Å². The summed E-state index contributed by atoms with van der Waals surface area (Å²) < 4.78 is 5.12. The molecule has 19 heavy (non-hydrogen) atoms. The summed E-state index contributed by atoms with van der Waals surface area (Å²) in [7, 11) is 1.61. The van der Waals surface area contributed by atoms with Gasteiger partial charge in [-0.3, -0.25) is 9.69 Å². The van der Waals surface area contributed by atoms with Gasteiger partial charge in [0.05, 0.1) is 13.7 Å². The molecule has 2 rings (SSSR count). The third kappa shape index (κ3) is 4.22. The average Bonchev–Trinajstić information content (AvgIpc) is 2.38. The highest BCUT2D eigenvalue weighted by atomic mass is 16.5. The molecule has 0 saturated carbocycles. The van der Waals surface area contributed by atoms with E-state index in [4.69, 9.17) is 10.5 Å². The molecule has 1 aliphatic heterocycles. The van der Waals surface area contributed by atoms with Crippen molar-refractivity contribution in [2.75, 3.05) is 32.1 Å². The minimum atomic E-state index is -0.0117. The SMILES string of the molecule is COc1cccc(NC(=O)CN2CCCC(N)C2)c1. The van der Waals surface area contributed by atoms with Crippen LogP contribution < -0.4 is 15.8 Å². The van der Waals surface area contributed by atoms with Gasteiger partial charge >= 0.3 is 0 Å². The van der Waals surface area contributed by atoms with E-state index in [9.17, 15) is 4.79 Å². The number of methoxy groups -OCH3 is 1. The van der Waals surface area contributed by atoms with Gasteiger partial charge in [-0.05, 0) is 31.5 Å². The lowest BCUT2D eigenvalue weighted by molar-refractivity contribution is -0.117. The maximum Gasteiger partial charge on any atom is 0.238 e. The number of nitrogens with zero attached hydrogens (tertiary/aromatic N) is 1. The number of carbonyl (C=O) groups is 1. The van der Waals surface area contributed by atoms with Crippen LogP contribution in [0, 0.1) is 0 Å². The van der Waals surface area contributed by atoms with Crippen molar-refractivity contribution >= 4 is 11.6 Å². The van der Waals surface area contributed by atoms with Gasteiger partial charge in [-0.25, -0.2) is 0 Å². The van der Waals surface area contributed by atoms with Crippen molar-refractivity contribution in [2.24, 2.45) is 5.73 Å². The normalized spacial score (nSPS) is 20.0. The summed E-state index contributed by atoms with van der Waals surface area (Å²) in [5, 5.41) is 2.88. The Balaban J connectivity index is 1.86. The van der Waals surface area contributed by atoms with Gasteiger partial charge in [0.2, 0.25) is 5.91 Å². The number of anilines is 1. The van der Waals surface area contributed by atoms with Crippen molar-refractivity contribution in [3.8, 4) is 5.75 Å². The third-order valence-corrected chi connectivity index (χ3v) is 3.26. The molecule has 1 fully saturated rings. The van der Waals surface area contributed by atoms with Crippen molar-refractivity contribution in [1.29, 1.82) is 0 Å². The van der Waals surface area contributed by atoms with E-state index < -0.39 is 0 Å². The first-order chi connectivity index (χ1) is 9.17. The number of nitrogens with one attached hydrogen (secondary N) is 1. The highest BCUT2D eigenvalue weighted by molar-refractivity contribution is 5.92. The number of hydrogen-bond acceptors (Lipinski definition) is 4. The van der Waals surface area contributed by atoms with Gasteiger partial charge in [-0.15, -0.1) is 0 Å². The Morgan fingerprint density at radius 2 is 2.42 bits per heavy atom. The van der Waals surface area contributed by atoms with Crippen LogP contribution in [0.25, 0.3) is 0 Å². The van der Waals surface area contributed by atoms with Crippen LogP contribution in [0.5, 0.6) is 5.75 Å². The fourth-order valence-electron chi connectivity index (χ4n) is 2.34. The number of piperidine rings is 1. The zero-order chi connectivity index (χ0) is 13.7. The van der Waals surface area contributed by atoms with Gasteiger partial charge in [0.15, 0.2) is 0 Å². The molecule has 1 atom stereocenters. The molecule has 1 heterocycles. The maximum absolute atomic E-state index is 12.0.